The van der Waals surface area contributed by atoms with Crippen molar-refractivity contribution in [2.24, 2.45) is 0 Å². The van der Waals surface area contributed by atoms with Crippen molar-refractivity contribution in [3.8, 4) is 0 Å². The summed E-state index contributed by atoms with van der Waals surface area (Å²) in [6, 6.07) is 4.38. The third-order valence-corrected chi connectivity index (χ3v) is 3.89. The van der Waals surface area contributed by atoms with Crippen LogP contribution < -0.4 is 5.32 Å². The molecule has 1 aliphatic rings. The number of hydrogen-bond acceptors (Lipinski definition) is 3. The predicted molar refractivity (Wildman–Crippen MR) is 64.1 cm³/mol. The largest absolute Gasteiger partial charge is 0.373 e. The van der Waals surface area contributed by atoms with Crippen LogP contribution in [0.4, 0.5) is 0 Å². The van der Waals surface area contributed by atoms with Gasteiger partial charge in [0.1, 0.15) is 0 Å². The zero-order valence-electron chi connectivity index (χ0n) is 9.29. The quantitative estimate of drug-likeness (QED) is 0.832. The van der Waals surface area contributed by atoms with E-state index in [1.54, 1.807) is 0 Å². The first-order valence-electron chi connectivity index (χ1n) is 5.72. The third kappa shape index (κ3) is 3.30. The molecule has 1 aromatic heterocycles. The van der Waals surface area contributed by atoms with Gasteiger partial charge in [-0.15, -0.1) is 11.3 Å². The molecule has 1 heterocycles. The fraction of sp³-hybridized carbons (Fsp3) is 0.667. The van der Waals surface area contributed by atoms with E-state index in [1.807, 2.05) is 18.4 Å². The van der Waals surface area contributed by atoms with Crippen molar-refractivity contribution < 1.29 is 4.74 Å². The van der Waals surface area contributed by atoms with Crippen LogP contribution in [0.5, 0.6) is 0 Å². The van der Waals surface area contributed by atoms with Crippen LogP contribution in [-0.2, 0) is 17.9 Å². The number of rotatable bonds is 5. The molecule has 0 aromatic carbocycles. The molecule has 1 fully saturated rings. The van der Waals surface area contributed by atoms with Gasteiger partial charge in [-0.1, -0.05) is 12.8 Å². The van der Waals surface area contributed by atoms with Crippen molar-refractivity contribution in [1.82, 2.24) is 5.32 Å². The van der Waals surface area contributed by atoms with Gasteiger partial charge in [0, 0.05) is 16.3 Å². The topological polar surface area (TPSA) is 21.3 Å². The number of thiophene rings is 1. The van der Waals surface area contributed by atoms with Gasteiger partial charge in [-0.05, 0) is 32.0 Å². The van der Waals surface area contributed by atoms with Crippen LogP contribution >= 0.6 is 11.3 Å². The van der Waals surface area contributed by atoms with Crippen molar-refractivity contribution in [3.63, 3.8) is 0 Å². The Labute approximate surface area is 95.6 Å². The van der Waals surface area contributed by atoms with Crippen LogP contribution in [-0.4, -0.2) is 13.2 Å². The lowest BCUT2D eigenvalue weighted by atomic mass is 10.3. The maximum atomic E-state index is 5.87. The third-order valence-electron chi connectivity index (χ3n) is 2.83. The van der Waals surface area contributed by atoms with Gasteiger partial charge in [-0.3, -0.25) is 0 Å². The minimum Gasteiger partial charge on any atom is -0.373 e. The Morgan fingerprint density at radius 2 is 2.07 bits per heavy atom. The molecular weight excluding hydrogens is 206 g/mol. The Morgan fingerprint density at radius 1 is 1.33 bits per heavy atom. The first kappa shape index (κ1) is 11.1. The number of nitrogens with one attached hydrogen (secondary N) is 1. The summed E-state index contributed by atoms with van der Waals surface area (Å²) in [5, 5.41) is 3.16. The van der Waals surface area contributed by atoms with Gasteiger partial charge in [0.15, 0.2) is 0 Å². The second-order valence-electron chi connectivity index (χ2n) is 4.12. The highest BCUT2D eigenvalue weighted by atomic mass is 32.1. The maximum absolute atomic E-state index is 5.87. The zero-order chi connectivity index (χ0) is 10.5. The predicted octanol–water partition coefficient (Wildman–Crippen LogP) is 2.93. The Hall–Kier alpha value is -0.380. The molecule has 2 rings (SSSR count). The number of hydrogen-bond donors (Lipinski definition) is 1. The fourth-order valence-electron chi connectivity index (χ4n) is 2.02. The van der Waals surface area contributed by atoms with E-state index in [1.165, 1.54) is 35.4 Å². The van der Waals surface area contributed by atoms with Gasteiger partial charge in [0.25, 0.3) is 0 Å². The van der Waals surface area contributed by atoms with E-state index < -0.39 is 0 Å². The Bertz CT molecular complexity index is 292. The average Bonchev–Trinajstić information content (AvgIpc) is 2.85. The Morgan fingerprint density at radius 3 is 2.80 bits per heavy atom. The minimum absolute atomic E-state index is 0.528. The molecule has 0 spiro atoms. The van der Waals surface area contributed by atoms with E-state index in [0.717, 1.165) is 13.2 Å². The van der Waals surface area contributed by atoms with E-state index in [2.05, 4.69) is 17.4 Å². The molecular formula is C12H19NOS. The molecule has 0 atom stereocenters. The van der Waals surface area contributed by atoms with E-state index in [0.29, 0.717) is 6.10 Å². The van der Waals surface area contributed by atoms with Crippen molar-refractivity contribution >= 4 is 11.3 Å². The van der Waals surface area contributed by atoms with E-state index in [4.69, 9.17) is 4.74 Å². The van der Waals surface area contributed by atoms with Gasteiger partial charge in [-0.25, -0.2) is 0 Å². The molecule has 0 radical (unpaired) electrons. The van der Waals surface area contributed by atoms with Gasteiger partial charge in [0.2, 0.25) is 0 Å². The van der Waals surface area contributed by atoms with Gasteiger partial charge < -0.3 is 10.1 Å². The lowest BCUT2D eigenvalue weighted by Crippen LogP contribution is -2.06. The molecule has 84 valence electrons. The van der Waals surface area contributed by atoms with Crippen LogP contribution in [0, 0.1) is 0 Å². The lowest BCUT2D eigenvalue weighted by Gasteiger charge is -2.09. The molecule has 1 saturated carbocycles. The molecule has 1 N–H and O–H groups in total. The molecule has 3 heteroatoms. The van der Waals surface area contributed by atoms with E-state index in [-0.39, 0.29) is 0 Å². The highest BCUT2D eigenvalue weighted by molar-refractivity contribution is 7.11. The minimum atomic E-state index is 0.528. The lowest BCUT2D eigenvalue weighted by molar-refractivity contribution is 0.0473. The van der Waals surface area contributed by atoms with Crippen LogP contribution in [0.2, 0.25) is 0 Å². The van der Waals surface area contributed by atoms with Crippen LogP contribution in [0.15, 0.2) is 12.1 Å². The van der Waals surface area contributed by atoms with Gasteiger partial charge in [-0.2, -0.15) is 0 Å². The monoisotopic (exact) mass is 225 g/mol. The summed E-state index contributed by atoms with van der Waals surface area (Å²) in [4.78, 5) is 2.75. The summed E-state index contributed by atoms with van der Waals surface area (Å²) in [7, 11) is 1.98. The molecule has 1 aliphatic carbocycles. The summed E-state index contributed by atoms with van der Waals surface area (Å²) in [6.07, 6.45) is 5.74. The Kier molecular flexibility index (Phi) is 4.18. The van der Waals surface area contributed by atoms with E-state index >= 15 is 0 Å². The second-order valence-corrected chi connectivity index (χ2v) is 5.37. The highest BCUT2D eigenvalue weighted by Gasteiger charge is 2.15. The highest BCUT2D eigenvalue weighted by Crippen LogP contribution is 2.24. The summed E-state index contributed by atoms with van der Waals surface area (Å²) in [5.41, 5.74) is 0. The van der Waals surface area contributed by atoms with Crippen molar-refractivity contribution in [3.05, 3.63) is 21.9 Å². The second kappa shape index (κ2) is 5.64. The molecule has 0 unspecified atom stereocenters. The van der Waals surface area contributed by atoms with Crippen LogP contribution in [0.25, 0.3) is 0 Å². The number of ether oxygens (including phenoxy) is 1. The summed E-state index contributed by atoms with van der Waals surface area (Å²) < 4.78 is 5.87. The van der Waals surface area contributed by atoms with Crippen LogP contribution in [0.3, 0.4) is 0 Å². The maximum Gasteiger partial charge on any atom is 0.0813 e. The smallest absolute Gasteiger partial charge is 0.0813 e. The summed E-state index contributed by atoms with van der Waals surface area (Å²) in [6.45, 7) is 1.77. The van der Waals surface area contributed by atoms with Crippen LogP contribution in [0.1, 0.15) is 35.4 Å². The van der Waals surface area contributed by atoms with Crippen molar-refractivity contribution in [1.29, 1.82) is 0 Å². The first-order valence-corrected chi connectivity index (χ1v) is 6.54. The first-order chi connectivity index (χ1) is 7.38. The van der Waals surface area contributed by atoms with Crippen molar-refractivity contribution in [2.75, 3.05) is 7.05 Å². The van der Waals surface area contributed by atoms with Crippen molar-refractivity contribution in [2.45, 2.75) is 44.9 Å². The zero-order valence-corrected chi connectivity index (χ0v) is 10.1. The van der Waals surface area contributed by atoms with Gasteiger partial charge >= 0.3 is 0 Å². The molecule has 0 amide bonds. The molecule has 2 nitrogen and oxygen atoms in total. The molecule has 0 bridgehead atoms. The van der Waals surface area contributed by atoms with Gasteiger partial charge in [0.05, 0.1) is 12.7 Å². The molecule has 0 aliphatic heterocycles. The summed E-state index contributed by atoms with van der Waals surface area (Å²) in [5.74, 6) is 0. The Balaban J connectivity index is 1.77. The summed E-state index contributed by atoms with van der Waals surface area (Å²) >= 11 is 1.85. The molecule has 1 aromatic rings. The SMILES string of the molecule is CNCc1ccc(COC2CCCC2)s1. The normalized spacial score (nSPS) is 17.4. The average molecular weight is 225 g/mol. The standard InChI is InChI=1S/C12H19NOS/c1-13-8-11-6-7-12(15-11)9-14-10-4-2-3-5-10/h6-7,10,13H,2-5,8-9H2,1H3. The fourth-order valence-corrected chi connectivity index (χ4v) is 2.98. The molecule has 15 heavy (non-hydrogen) atoms. The van der Waals surface area contributed by atoms with E-state index in [9.17, 15) is 0 Å². The molecule has 0 saturated heterocycles.